The second-order valence-electron chi connectivity index (χ2n) is 5.02. The minimum absolute atomic E-state index is 0.377. The van der Waals surface area contributed by atoms with Gasteiger partial charge >= 0.3 is 11.8 Å². The standard InChI is InChI=1S/C12H20N2O2/c1-9(2)7-13-5-6-14(8-10(3)4)11(13)12(15)16/h5-6,9-10H,7-8H2,1-4H3/p+1. The highest BCUT2D eigenvalue weighted by Crippen LogP contribution is 2.04. The largest absolute Gasteiger partial charge is 0.472 e. The summed E-state index contributed by atoms with van der Waals surface area (Å²) in [5.41, 5.74) is 0. The lowest BCUT2D eigenvalue weighted by Gasteiger charge is -2.05. The van der Waals surface area contributed by atoms with E-state index < -0.39 is 5.97 Å². The number of carboxylic acid groups (broad SMARTS) is 1. The molecule has 0 spiro atoms. The van der Waals surface area contributed by atoms with E-state index in [4.69, 9.17) is 0 Å². The van der Waals surface area contributed by atoms with Crippen molar-refractivity contribution in [3.8, 4) is 0 Å². The molecule has 1 N–H and O–H groups in total. The lowest BCUT2D eigenvalue weighted by molar-refractivity contribution is -0.704. The Labute approximate surface area is 96.5 Å². The van der Waals surface area contributed by atoms with Gasteiger partial charge in [-0.2, -0.15) is 0 Å². The zero-order valence-electron chi connectivity index (χ0n) is 10.5. The van der Waals surface area contributed by atoms with Crippen molar-refractivity contribution in [2.45, 2.75) is 40.8 Å². The number of hydrogen-bond acceptors (Lipinski definition) is 1. The Kier molecular flexibility index (Phi) is 4.10. The average Bonchev–Trinajstić information content (AvgIpc) is 2.45. The average molecular weight is 225 g/mol. The fraction of sp³-hybridized carbons (Fsp3) is 0.667. The summed E-state index contributed by atoms with van der Waals surface area (Å²) in [5.74, 6) is 0.407. The van der Waals surface area contributed by atoms with Crippen LogP contribution in [0.25, 0.3) is 0 Å². The number of hydrogen-bond donors (Lipinski definition) is 1. The van der Waals surface area contributed by atoms with E-state index in [9.17, 15) is 9.90 Å². The van der Waals surface area contributed by atoms with Crippen molar-refractivity contribution < 1.29 is 14.5 Å². The van der Waals surface area contributed by atoms with Crippen LogP contribution in [0, 0.1) is 11.8 Å². The number of carbonyl (C=O) groups is 1. The van der Waals surface area contributed by atoms with Crippen molar-refractivity contribution in [3.63, 3.8) is 0 Å². The summed E-state index contributed by atoms with van der Waals surface area (Å²) in [5, 5.41) is 9.22. The molecule has 0 aromatic carbocycles. The molecule has 1 aromatic heterocycles. The minimum atomic E-state index is -0.855. The van der Waals surface area contributed by atoms with Gasteiger partial charge in [0.2, 0.25) is 0 Å². The zero-order chi connectivity index (χ0) is 12.3. The minimum Gasteiger partial charge on any atom is -0.472 e. The second kappa shape index (κ2) is 5.14. The van der Waals surface area contributed by atoms with Crippen molar-refractivity contribution >= 4 is 5.97 Å². The van der Waals surface area contributed by atoms with Gasteiger partial charge in [-0.15, -0.1) is 0 Å². The molecule has 4 nitrogen and oxygen atoms in total. The van der Waals surface area contributed by atoms with Crippen LogP contribution in [0.4, 0.5) is 0 Å². The summed E-state index contributed by atoms with van der Waals surface area (Å²) in [6.45, 7) is 9.81. The van der Waals surface area contributed by atoms with Crippen molar-refractivity contribution in [2.24, 2.45) is 11.8 Å². The molecule has 0 radical (unpaired) electrons. The number of aromatic carboxylic acids is 1. The predicted molar refractivity (Wildman–Crippen MR) is 61.3 cm³/mol. The maximum atomic E-state index is 11.2. The van der Waals surface area contributed by atoms with Gasteiger partial charge in [0, 0.05) is 0 Å². The first kappa shape index (κ1) is 12.7. The van der Waals surface area contributed by atoms with Gasteiger partial charge in [0.1, 0.15) is 12.4 Å². The van der Waals surface area contributed by atoms with E-state index in [2.05, 4.69) is 27.7 Å². The number of rotatable bonds is 5. The maximum Gasteiger partial charge on any atom is 0.419 e. The fourth-order valence-corrected chi connectivity index (χ4v) is 1.79. The van der Waals surface area contributed by atoms with E-state index in [1.807, 2.05) is 21.5 Å². The maximum absolute atomic E-state index is 11.2. The Bertz CT molecular complexity index is 340. The smallest absolute Gasteiger partial charge is 0.419 e. The van der Waals surface area contributed by atoms with Crippen LogP contribution in [0.2, 0.25) is 0 Å². The monoisotopic (exact) mass is 225 g/mol. The van der Waals surface area contributed by atoms with Crippen LogP contribution in [-0.2, 0) is 13.1 Å². The first-order valence-corrected chi connectivity index (χ1v) is 5.73. The van der Waals surface area contributed by atoms with E-state index in [0.717, 1.165) is 13.1 Å². The molecule has 1 rings (SSSR count). The molecule has 0 saturated heterocycles. The van der Waals surface area contributed by atoms with Gasteiger partial charge in [-0.25, -0.2) is 13.9 Å². The number of carboxylic acids is 1. The lowest BCUT2D eigenvalue weighted by Crippen LogP contribution is -2.41. The number of aromatic nitrogens is 2. The van der Waals surface area contributed by atoms with Gasteiger partial charge in [0.25, 0.3) is 0 Å². The quantitative estimate of drug-likeness (QED) is 0.776. The molecular weight excluding hydrogens is 204 g/mol. The Morgan fingerprint density at radius 1 is 1.38 bits per heavy atom. The van der Waals surface area contributed by atoms with Crippen LogP contribution in [0.15, 0.2) is 12.4 Å². The third-order valence-corrected chi connectivity index (χ3v) is 2.29. The third-order valence-electron chi connectivity index (χ3n) is 2.29. The molecule has 1 heterocycles. The van der Waals surface area contributed by atoms with Gasteiger partial charge in [0.15, 0.2) is 0 Å². The summed E-state index contributed by atoms with van der Waals surface area (Å²) in [4.78, 5) is 11.2. The van der Waals surface area contributed by atoms with Crippen LogP contribution in [0.1, 0.15) is 38.3 Å². The highest BCUT2D eigenvalue weighted by atomic mass is 16.4. The Balaban J connectivity index is 3.02. The molecule has 0 bridgehead atoms. The van der Waals surface area contributed by atoms with E-state index in [1.54, 1.807) is 0 Å². The first-order chi connectivity index (χ1) is 7.41. The molecule has 0 aliphatic carbocycles. The van der Waals surface area contributed by atoms with Crippen molar-refractivity contribution in [3.05, 3.63) is 18.2 Å². The molecule has 0 saturated carbocycles. The van der Waals surface area contributed by atoms with Gasteiger partial charge < -0.3 is 5.11 Å². The normalized spacial score (nSPS) is 11.4. The molecule has 0 aliphatic rings. The molecular formula is C12H21N2O2+. The van der Waals surface area contributed by atoms with Crippen LogP contribution in [0.5, 0.6) is 0 Å². The van der Waals surface area contributed by atoms with Crippen LogP contribution in [-0.4, -0.2) is 15.6 Å². The van der Waals surface area contributed by atoms with Crippen LogP contribution < -0.4 is 4.57 Å². The molecule has 16 heavy (non-hydrogen) atoms. The Hall–Kier alpha value is -1.32. The van der Waals surface area contributed by atoms with E-state index in [0.29, 0.717) is 17.7 Å². The Morgan fingerprint density at radius 3 is 2.44 bits per heavy atom. The SMILES string of the molecule is CC(C)Cn1cc[n+](CC(C)C)c1C(=O)O. The third kappa shape index (κ3) is 3.08. The molecule has 0 aliphatic heterocycles. The molecule has 0 unspecified atom stereocenters. The summed E-state index contributed by atoms with van der Waals surface area (Å²) >= 11 is 0. The molecule has 0 atom stereocenters. The molecule has 4 heteroatoms. The van der Waals surface area contributed by atoms with Gasteiger partial charge in [-0.05, 0) is 11.8 Å². The first-order valence-electron chi connectivity index (χ1n) is 5.73. The molecule has 1 aromatic rings. The van der Waals surface area contributed by atoms with Crippen LogP contribution >= 0.6 is 0 Å². The molecule has 0 amide bonds. The van der Waals surface area contributed by atoms with Crippen molar-refractivity contribution in [1.82, 2.24) is 4.57 Å². The van der Waals surface area contributed by atoms with Crippen molar-refractivity contribution in [1.29, 1.82) is 0 Å². The van der Waals surface area contributed by atoms with E-state index in [-0.39, 0.29) is 0 Å². The van der Waals surface area contributed by atoms with Crippen molar-refractivity contribution in [2.75, 3.05) is 0 Å². The summed E-state index contributed by atoms with van der Waals surface area (Å²) in [7, 11) is 0. The van der Waals surface area contributed by atoms with Gasteiger partial charge in [-0.3, -0.25) is 0 Å². The van der Waals surface area contributed by atoms with Gasteiger partial charge in [0.05, 0.1) is 13.1 Å². The van der Waals surface area contributed by atoms with Crippen LogP contribution in [0.3, 0.4) is 0 Å². The lowest BCUT2D eigenvalue weighted by atomic mass is 10.2. The van der Waals surface area contributed by atoms with E-state index in [1.165, 1.54) is 0 Å². The second-order valence-corrected chi connectivity index (χ2v) is 5.02. The number of imidazole rings is 1. The number of nitrogens with zero attached hydrogens (tertiary/aromatic N) is 2. The topological polar surface area (TPSA) is 46.1 Å². The molecule has 0 fully saturated rings. The fourth-order valence-electron chi connectivity index (χ4n) is 1.79. The molecule has 90 valence electrons. The summed E-state index contributed by atoms with van der Waals surface area (Å²) in [6.07, 6.45) is 3.71. The summed E-state index contributed by atoms with van der Waals surface area (Å²) < 4.78 is 3.63. The summed E-state index contributed by atoms with van der Waals surface area (Å²) in [6, 6.07) is 0. The highest BCUT2D eigenvalue weighted by Gasteiger charge is 2.25. The highest BCUT2D eigenvalue weighted by molar-refractivity contribution is 5.81. The predicted octanol–water partition coefficient (Wildman–Crippen LogP) is 1.79. The zero-order valence-corrected chi connectivity index (χ0v) is 10.5. The Morgan fingerprint density at radius 2 is 2.00 bits per heavy atom. The van der Waals surface area contributed by atoms with Gasteiger partial charge in [-0.1, -0.05) is 27.7 Å². The van der Waals surface area contributed by atoms with E-state index >= 15 is 0 Å².